The van der Waals surface area contributed by atoms with E-state index >= 15 is 0 Å². The molecule has 0 N–H and O–H groups in total. The zero-order chi connectivity index (χ0) is 13.7. The molecular formula is C15H14BrFO2. The Kier molecular flexibility index (Phi) is 4.80. The number of benzene rings is 2. The Morgan fingerprint density at radius 1 is 1.05 bits per heavy atom. The number of hydrogen-bond acceptors (Lipinski definition) is 2. The van der Waals surface area contributed by atoms with Gasteiger partial charge in [-0.1, -0.05) is 12.1 Å². The molecule has 0 bridgehead atoms. The molecule has 0 fully saturated rings. The zero-order valence-electron chi connectivity index (χ0n) is 10.5. The average Bonchev–Trinajstić information content (AvgIpc) is 2.41. The van der Waals surface area contributed by atoms with Crippen molar-refractivity contribution in [1.29, 1.82) is 0 Å². The molecule has 0 saturated carbocycles. The van der Waals surface area contributed by atoms with Crippen LogP contribution in [-0.4, -0.2) is 6.61 Å². The molecule has 0 saturated heterocycles. The van der Waals surface area contributed by atoms with Gasteiger partial charge in [0.25, 0.3) is 0 Å². The fourth-order valence-corrected chi connectivity index (χ4v) is 2.04. The lowest BCUT2D eigenvalue weighted by Crippen LogP contribution is -1.97. The van der Waals surface area contributed by atoms with Gasteiger partial charge in [0.05, 0.1) is 11.1 Å². The van der Waals surface area contributed by atoms with E-state index in [1.165, 1.54) is 6.07 Å². The smallest absolute Gasteiger partial charge is 0.137 e. The third-order valence-corrected chi connectivity index (χ3v) is 3.11. The summed E-state index contributed by atoms with van der Waals surface area (Å²) in [5.74, 6) is 1.23. The van der Waals surface area contributed by atoms with E-state index in [1.807, 2.05) is 31.2 Å². The molecule has 0 aliphatic rings. The maximum absolute atomic E-state index is 13.1. The van der Waals surface area contributed by atoms with Crippen LogP contribution in [0.25, 0.3) is 0 Å². The minimum Gasteiger partial charge on any atom is -0.494 e. The van der Waals surface area contributed by atoms with Gasteiger partial charge in [-0.2, -0.15) is 0 Å². The van der Waals surface area contributed by atoms with Crippen LogP contribution < -0.4 is 9.47 Å². The first-order valence-corrected chi connectivity index (χ1v) is 6.78. The molecule has 2 aromatic rings. The SMILES string of the molecule is CCOc1cccc(OCc2ccc(F)c(Br)c2)c1. The van der Waals surface area contributed by atoms with Crippen molar-refractivity contribution < 1.29 is 13.9 Å². The Morgan fingerprint density at radius 3 is 2.47 bits per heavy atom. The highest BCUT2D eigenvalue weighted by molar-refractivity contribution is 9.10. The molecule has 2 aromatic carbocycles. The van der Waals surface area contributed by atoms with Crippen LogP contribution in [0.4, 0.5) is 4.39 Å². The van der Waals surface area contributed by atoms with Crippen LogP contribution >= 0.6 is 15.9 Å². The molecule has 100 valence electrons. The van der Waals surface area contributed by atoms with Gasteiger partial charge in [-0.15, -0.1) is 0 Å². The molecule has 4 heteroatoms. The van der Waals surface area contributed by atoms with Crippen LogP contribution in [0.15, 0.2) is 46.9 Å². The normalized spacial score (nSPS) is 10.3. The van der Waals surface area contributed by atoms with Crippen molar-refractivity contribution in [2.75, 3.05) is 6.61 Å². The third kappa shape index (κ3) is 3.96. The van der Waals surface area contributed by atoms with Gasteiger partial charge < -0.3 is 9.47 Å². The molecule has 0 aliphatic carbocycles. The molecule has 0 heterocycles. The highest BCUT2D eigenvalue weighted by Gasteiger charge is 2.02. The fraction of sp³-hybridized carbons (Fsp3) is 0.200. The van der Waals surface area contributed by atoms with Crippen molar-refractivity contribution in [1.82, 2.24) is 0 Å². The van der Waals surface area contributed by atoms with Crippen molar-refractivity contribution in [3.63, 3.8) is 0 Å². The van der Waals surface area contributed by atoms with E-state index in [4.69, 9.17) is 9.47 Å². The van der Waals surface area contributed by atoms with E-state index in [1.54, 1.807) is 12.1 Å². The van der Waals surface area contributed by atoms with Gasteiger partial charge in [-0.25, -0.2) is 4.39 Å². The topological polar surface area (TPSA) is 18.5 Å². The largest absolute Gasteiger partial charge is 0.494 e. The van der Waals surface area contributed by atoms with Crippen molar-refractivity contribution in [3.8, 4) is 11.5 Å². The van der Waals surface area contributed by atoms with Crippen molar-refractivity contribution in [3.05, 3.63) is 58.3 Å². The summed E-state index contributed by atoms with van der Waals surface area (Å²) in [6.45, 7) is 2.94. The van der Waals surface area contributed by atoms with Gasteiger partial charge in [-0.05, 0) is 52.7 Å². The molecule has 2 nitrogen and oxygen atoms in total. The maximum Gasteiger partial charge on any atom is 0.137 e. The second kappa shape index (κ2) is 6.57. The third-order valence-electron chi connectivity index (χ3n) is 2.51. The molecule has 0 aromatic heterocycles. The predicted molar refractivity (Wildman–Crippen MR) is 76.0 cm³/mol. The maximum atomic E-state index is 13.1. The molecule has 19 heavy (non-hydrogen) atoms. The Bertz CT molecular complexity index is 558. The molecule has 0 amide bonds. The van der Waals surface area contributed by atoms with Gasteiger partial charge in [0.2, 0.25) is 0 Å². The summed E-state index contributed by atoms with van der Waals surface area (Å²) in [5, 5.41) is 0. The van der Waals surface area contributed by atoms with Crippen LogP contribution in [0.5, 0.6) is 11.5 Å². The lowest BCUT2D eigenvalue weighted by Gasteiger charge is -2.09. The molecule has 0 unspecified atom stereocenters. The number of halogens is 2. The minimum atomic E-state index is -0.276. The second-order valence-corrected chi connectivity index (χ2v) is 4.80. The van der Waals surface area contributed by atoms with Crippen LogP contribution in [0, 0.1) is 5.82 Å². The Morgan fingerprint density at radius 2 is 1.79 bits per heavy atom. The molecule has 0 atom stereocenters. The van der Waals surface area contributed by atoms with E-state index in [9.17, 15) is 4.39 Å². The zero-order valence-corrected chi connectivity index (χ0v) is 12.1. The van der Waals surface area contributed by atoms with Crippen LogP contribution in [0.3, 0.4) is 0 Å². The first-order chi connectivity index (χ1) is 9.19. The van der Waals surface area contributed by atoms with Gasteiger partial charge in [0.15, 0.2) is 0 Å². The highest BCUT2D eigenvalue weighted by Crippen LogP contribution is 2.22. The standard InChI is InChI=1S/C15H14BrFO2/c1-2-18-12-4-3-5-13(9-12)19-10-11-6-7-15(17)14(16)8-11/h3-9H,2,10H2,1H3. The van der Waals surface area contributed by atoms with Crippen LogP contribution in [0.2, 0.25) is 0 Å². The number of ether oxygens (including phenoxy) is 2. The summed E-state index contributed by atoms with van der Waals surface area (Å²) < 4.78 is 24.6. The van der Waals surface area contributed by atoms with E-state index in [-0.39, 0.29) is 5.82 Å². The van der Waals surface area contributed by atoms with Gasteiger partial charge in [0.1, 0.15) is 23.9 Å². The van der Waals surface area contributed by atoms with Crippen LogP contribution in [0.1, 0.15) is 12.5 Å². The first-order valence-electron chi connectivity index (χ1n) is 5.98. The minimum absolute atomic E-state index is 0.276. The molecular weight excluding hydrogens is 311 g/mol. The lowest BCUT2D eigenvalue weighted by molar-refractivity contribution is 0.299. The molecule has 0 radical (unpaired) electrons. The fourth-order valence-electron chi connectivity index (χ4n) is 1.62. The van der Waals surface area contributed by atoms with Crippen LogP contribution in [-0.2, 0) is 6.61 Å². The van der Waals surface area contributed by atoms with Gasteiger partial charge in [-0.3, -0.25) is 0 Å². The van der Waals surface area contributed by atoms with E-state index in [0.29, 0.717) is 17.7 Å². The summed E-state index contributed by atoms with van der Waals surface area (Å²) in [6.07, 6.45) is 0. The lowest BCUT2D eigenvalue weighted by atomic mass is 10.2. The monoisotopic (exact) mass is 324 g/mol. The number of rotatable bonds is 5. The molecule has 2 rings (SSSR count). The van der Waals surface area contributed by atoms with E-state index in [2.05, 4.69) is 15.9 Å². The Balaban J connectivity index is 2.01. The van der Waals surface area contributed by atoms with Gasteiger partial charge in [0, 0.05) is 6.07 Å². The van der Waals surface area contributed by atoms with Crippen molar-refractivity contribution in [2.24, 2.45) is 0 Å². The highest BCUT2D eigenvalue weighted by atomic mass is 79.9. The summed E-state index contributed by atoms with van der Waals surface area (Å²) in [7, 11) is 0. The molecule has 0 aliphatic heterocycles. The predicted octanol–water partition coefficient (Wildman–Crippen LogP) is 4.57. The van der Waals surface area contributed by atoms with Gasteiger partial charge >= 0.3 is 0 Å². The quantitative estimate of drug-likeness (QED) is 0.802. The average molecular weight is 325 g/mol. The summed E-state index contributed by atoms with van der Waals surface area (Å²) in [6, 6.07) is 12.3. The number of hydrogen-bond donors (Lipinski definition) is 0. The Labute approximate surface area is 120 Å². The second-order valence-electron chi connectivity index (χ2n) is 3.95. The van der Waals surface area contributed by atoms with E-state index < -0.39 is 0 Å². The molecule has 0 spiro atoms. The Hall–Kier alpha value is -1.55. The summed E-state index contributed by atoms with van der Waals surface area (Å²) in [4.78, 5) is 0. The van der Waals surface area contributed by atoms with Crippen molar-refractivity contribution in [2.45, 2.75) is 13.5 Å². The summed E-state index contributed by atoms with van der Waals surface area (Å²) >= 11 is 3.15. The van der Waals surface area contributed by atoms with E-state index in [0.717, 1.165) is 17.1 Å². The van der Waals surface area contributed by atoms with Crippen molar-refractivity contribution >= 4 is 15.9 Å². The first kappa shape index (κ1) is 13.9. The summed E-state index contributed by atoms with van der Waals surface area (Å²) in [5.41, 5.74) is 0.898.